The second-order valence-electron chi connectivity index (χ2n) is 5.29. The third-order valence-corrected chi connectivity index (χ3v) is 3.44. The number of alkyl halides is 1. The molecule has 8 heteroatoms. The van der Waals surface area contributed by atoms with Crippen LogP contribution in [0.25, 0.3) is 0 Å². The van der Waals surface area contributed by atoms with Gasteiger partial charge >= 0.3 is 0 Å². The maximum Gasteiger partial charge on any atom is 0.149 e. The minimum absolute atomic E-state index is 0.286. The zero-order chi connectivity index (χ0) is 16.9. The number of anilines is 1. The van der Waals surface area contributed by atoms with Crippen LogP contribution < -0.4 is 10.6 Å². The molecule has 0 amide bonds. The quantitative estimate of drug-likeness (QED) is 0.871. The van der Waals surface area contributed by atoms with Gasteiger partial charge in [0.15, 0.2) is 0 Å². The van der Waals surface area contributed by atoms with E-state index in [9.17, 15) is 4.39 Å². The first-order valence-corrected chi connectivity index (χ1v) is 7.86. The molecule has 0 saturated carbocycles. The number of para-hydroxylation sites is 2. The zero-order valence-corrected chi connectivity index (χ0v) is 14.4. The van der Waals surface area contributed by atoms with Crippen LogP contribution in [0.5, 0.6) is 0 Å². The van der Waals surface area contributed by atoms with Crippen LogP contribution in [0, 0.1) is 0 Å². The first-order chi connectivity index (χ1) is 11.0. The molecular formula is C15H21FN5OP. The number of aromatic nitrogens is 2. The molecule has 2 N–H and O–H groups in total. The second-order valence-corrected chi connectivity index (χ2v) is 6.49. The van der Waals surface area contributed by atoms with Gasteiger partial charge < -0.3 is 10.6 Å². The molecule has 124 valence electrons. The molecule has 6 nitrogen and oxygen atoms in total. The van der Waals surface area contributed by atoms with Crippen LogP contribution in [0.4, 0.5) is 15.8 Å². The average Bonchev–Trinajstić information content (AvgIpc) is 3.00. The Hall–Kier alpha value is -1.85. The molecule has 0 spiro atoms. The van der Waals surface area contributed by atoms with Gasteiger partial charge in [-0.2, -0.15) is 0 Å². The molecule has 2 atom stereocenters. The number of nitrogens with two attached hydrogens (primary N) is 1. The van der Waals surface area contributed by atoms with E-state index in [4.69, 9.17) is 0 Å². The monoisotopic (exact) mass is 337 g/mol. The van der Waals surface area contributed by atoms with Crippen molar-refractivity contribution < 1.29 is 9.02 Å². The molecule has 1 aromatic heterocycles. The fraction of sp³-hybridized carbons (Fsp3) is 0.400. The molecule has 2 aromatic rings. The highest BCUT2D eigenvalue weighted by Crippen LogP contribution is 2.34. The molecule has 1 aliphatic heterocycles. The summed E-state index contributed by atoms with van der Waals surface area (Å²) in [7, 11) is 3.74. The zero-order valence-electron chi connectivity index (χ0n) is 13.2. The largest absolute Gasteiger partial charge is 0.366 e. The summed E-state index contributed by atoms with van der Waals surface area (Å²) in [5, 5.41) is 6.10. The molecule has 2 unspecified atom stereocenters. The molecule has 0 fully saturated rings. The first-order valence-electron chi connectivity index (χ1n) is 7.28. The fourth-order valence-electron chi connectivity index (χ4n) is 2.40. The molecule has 3 rings (SSSR count). The van der Waals surface area contributed by atoms with Crippen molar-refractivity contribution in [3.8, 4) is 0 Å². The van der Waals surface area contributed by atoms with Crippen molar-refractivity contribution in [3.05, 3.63) is 36.2 Å². The lowest BCUT2D eigenvalue weighted by Crippen LogP contribution is -2.35. The molecule has 1 aliphatic rings. The topological polar surface area (TPSA) is 80.5 Å². The Labute approximate surface area is 137 Å². The van der Waals surface area contributed by atoms with Gasteiger partial charge in [0, 0.05) is 13.0 Å². The Bertz CT molecular complexity index is 654. The van der Waals surface area contributed by atoms with Crippen molar-refractivity contribution in [3.63, 3.8) is 0 Å². The van der Waals surface area contributed by atoms with E-state index in [0.29, 0.717) is 18.7 Å². The van der Waals surface area contributed by atoms with E-state index in [0.717, 1.165) is 17.1 Å². The minimum Gasteiger partial charge on any atom is -0.366 e. The Kier molecular flexibility index (Phi) is 5.80. The van der Waals surface area contributed by atoms with Crippen molar-refractivity contribution in [1.82, 2.24) is 10.3 Å². The Morgan fingerprint density at radius 3 is 2.78 bits per heavy atom. The van der Waals surface area contributed by atoms with Gasteiger partial charge in [0.25, 0.3) is 0 Å². The van der Waals surface area contributed by atoms with Crippen LogP contribution in [0.2, 0.25) is 0 Å². The normalized spacial score (nSPS) is 16.4. The van der Waals surface area contributed by atoms with Crippen molar-refractivity contribution in [2.45, 2.75) is 18.8 Å². The second kappa shape index (κ2) is 7.62. The number of hydrogen-bond acceptors (Lipinski definition) is 6. The number of halogens is 1. The SMILES string of the molecule is CC(F)(P)CN1CCC(c2cnon2)=Nc2ccccc21.CN. The number of nitrogens with zero attached hydrogens (tertiary/aromatic N) is 4. The van der Waals surface area contributed by atoms with E-state index in [2.05, 4.69) is 34.9 Å². The fourth-order valence-corrected chi connectivity index (χ4v) is 2.62. The van der Waals surface area contributed by atoms with Gasteiger partial charge in [0.05, 0.1) is 23.6 Å². The molecule has 23 heavy (non-hydrogen) atoms. The summed E-state index contributed by atoms with van der Waals surface area (Å²) >= 11 is 0. The molecule has 0 saturated heterocycles. The van der Waals surface area contributed by atoms with Crippen LogP contribution in [0.1, 0.15) is 19.0 Å². The van der Waals surface area contributed by atoms with E-state index >= 15 is 0 Å². The first kappa shape index (κ1) is 17.5. The molecule has 0 radical (unpaired) electrons. The molecule has 0 aliphatic carbocycles. The molecular weight excluding hydrogens is 316 g/mol. The highest BCUT2D eigenvalue weighted by molar-refractivity contribution is 7.18. The minimum atomic E-state index is -1.35. The van der Waals surface area contributed by atoms with Crippen LogP contribution in [-0.2, 0) is 0 Å². The van der Waals surface area contributed by atoms with Gasteiger partial charge in [-0.15, -0.1) is 0 Å². The Morgan fingerprint density at radius 2 is 2.13 bits per heavy atom. The van der Waals surface area contributed by atoms with Gasteiger partial charge in [-0.25, -0.2) is 14.0 Å². The van der Waals surface area contributed by atoms with E-state index < -0.39 is 5.41 Å². The molecule has 1 aromatic carbocycles. The summed E-state index contributed by atoms with van der Waals surface area (Å²) in [6.07, 6.45) is 2.20. The van der Waals surface area contributed by atoms with Crippen LogP contribution in [-0.4, -0.2) is 41.6 Å². The van der Waals surface area contributed by atoms with E-state index in [-0.39, 0.29) is 6.54 Å². The van der Waals surface area contributed by atoms with Gasteiger partial charge in [-0.3, -0.25) is 0 Å². The lowest BCUT2D eigenvalue weighted by Gasteiger charge is -2.29. The smallest absolute Gasteiger partial charge is 0.149 e. The van der Waals surface area contributed by atoms with Crippen LogP contribution in [0.15, 0.2) is 40.1 Å². The summed E-state index contributed by atoms with van der Waals surface area (Å²) < 4.78 is 18.7. The standard InChI is InChI=1S/C14H16FN4OP.CH5N/c1-14(15,21)9-19-7-6-10(12-8-16-20-18-12)17-11-4-2-3-5-13(11)19;1-2/h2-5,8H,6-7,9,21H2,1H3;2H2,1H3. The summed E-state index contributed by atoms with van der Waals surface area (Å²) in [5.41, 5.74) is 7.66. The Morgan fingerprint density at radius 1 is 1.39 bits per heavy atom. The van der Waals surface area contributed by atoms with E-state index in [1.807, 2.05) is 29.2 Å². The summed E-state index contributed by atoms with van der Waals surface area (Å²) in [6, 6.07) is 7.72. The van der Waals surface area contributed by atoms with Crippen molar-refractivity contribution in [2.24, 2.45) is 10.7 Å². The lowest BCUT2D eigenvalue weighted by molar-refractivity contribution is 0.306. The number of rotatable bonds is 3. The number of fused-ring (bicyclic) bond motifs is 1. The number of aliphatic imine (C=N–C) groups is 1. The summed E-state index contributed by atoms with van der Waals surface area (Å²) in [4.78, 5) is 6.65. The van der Waals surface area contributed by atoms with E-state index in [1.165, 1.54) is 7.05 Å². The highest BCUT2D eigenvalue weighted by atomic mass is 31.0. The number of benzene rings is 1. The van der Waals surface area contributed by atoms with Gasteiger partial charge in [-0.1, -0.05) is 26.5 Å². The van der Waals surface area contributed by atoms with Crippen molar-refractivity contribution >= 4 is 26.3 Å². The molecule has 2 heterocycles. The third-order valence-electron chi connectivity index (χ3n) is 3.25. The predicted molar refractivity (Wildman–Crippen MR) is 93.1 cm³/mol. The van der Waals surface area contributed by atoms with Gasteiger partial charge in [-0.05, 0) is 31.3 Å². The van der Waals surface area contributed by atoms with Crippen LogP contribution in [0.3, 0.4) is 0 Å². The van der Waals surface area contributed by atoms with Crippen LogP contribution >= 0.6 is 9.24 Å². The van der Waals surface area contributed by atoms with E-state index in [1.54, 1.807) is 13.1 Å². The maximum atomic E-state index is 14.0. The average molecular weight is 337 g/mol. The lowest BCUT2D eigenvalue weighted by atomic mass is 10.2. The van der Waals surface area contributed by atoms with Gasteiger partial charge in [0.1, 0.15) is 17.3 Å². The van der Waals surface area contributed by atoms with Gasteiger partial charge in [0.2, 0.25) is 0 Å². The Balaban J connectivity index is 0.000000924. The highest BCUT2D eigenvalue weighted by Gasteiger charge is 2.25. The summed E-state index contributed by atoms with van der Waals surface area (Å²) in [6.45, 7) is 2.50. The predicted octanol–water partition coefficient (Wildman–Crippen LogP) is 2.54. The van der Waals surface area contributed by atoms with Crippen molar-refractivity contribution in [2.75, 3.05) is 25.0 Å². The third kappa shape index (κ3) is 4.56. The van der Waals surface area contributed by atoms with Crippen molar-refractivity contribution in [1.29, 1.82) is 0 Å². The molecule has 0 bridgehead atoms. The number of hydrogen-bond donors (Lipinski definition) is 1. The maximum absolute atomic E-state index is 14.0. The summed E-state index contributed by atoms with van der Waals surface area (Å²) in [5.74, 6) is 0.